The summed E-state index contributed by atoms with van der Waals surface area (Å²) in [5.74, 6) is -0.294. The topological polar surface area (TPSA) is 81.6 Å². The lowest BCUT2D eigenvalue weighted by atomic mass is 9.88. The van der Waals surface area contributed by atoms with Crippen molar-refractivity contribution in [3.8, 4) is 0 Å². The molecule has 3 atom stereocenters. The Morgan fingerprint density at radius 3 is 2.75 bits per heavy atom. The van der Waals surface area contributed by atoms with Crippen molar-refractivity contribution < 1.29 is 9.53 Å². The van der Waals surface area contributed by atoms with E-state index >= 15 is 0 Å². The van der Waals surface area contributed by atoms with Gasteiger partial charge in [0.25, 0.3) is 0 Å². The molecule has 2 rings (SSSR count). The van der Waals surface area contributed by atoms with Crippen LogP contribution >= 0.6 is 0 Å². The van der Waals surface area contributed by atoms with Gasteiger partial charge < -0.3 is 16.2 Å². The average Bonchev–Trinajstić information content (AvgIpc) is 2.29. The normalized spacial score (nSPS) is 37.2. The van der Waals surface area contributed by atoms with Crippen LogP contribution < -0.4 is 11.5 Å². The molecule has 3 unspecified atom stereocenters. The van der Waals surface area contributed by atoms with Gasteiger partial charge in [-0.3, -0.25) is 9.69 Å². The minimum Gasteiger partial charge on any atom is -0.378 e. The predicted molar refractivity (Wildman–Crippen MR) is 60.7 cm³/mol. The van der Waals surface area contributed by atoms with Crippen molar-refractivity contribution in [2.45, 2.75) is 43.8 Å². The van der Waals surface area contributed by atoms with Crippen LogP contribution in [-0.4, -0.2) is 48.7 Å². The quantitative estimate of drug-likeness (QED) is 0.662. The fourth-order valence-corrected chi connectivity index (χ4v) is 2.81. The second kappa shape index (κ2) is 5.12. The SMILES string of the molecule is NC(=O)C1COCCN1C1CCCCC1N. The van der Waals surface area contributed by atoms with E-state index in [9.17, 15) is 4.79 Å². The highest BCUT2D eigenvalue weighted by Gasteiger charge is 2.36. The largest absolute Gasteiger partial charge is 0.378 e. The van der Waals surface area contributed by atoms with E-state index < -0.39 is 0 Å². The Bertz CT molecular complexity index is 260. The van der Waals surface area contributed by atoms with E-state index in [2.05, 4.69) is 4.90 Å². The number of ether oxygens (including phenoxy) is 1. The van der Waals surface area contributed by atoms with Gasteiger partial charge in [0, 0.05) is 18.6 Å². The molecule has 0 aromatic heterocycles. The smallest absolute Gasteiger partial charge is 0.237 e. The van der Waals surface area contributed by atoms with Crippen molar-refractivity contribution in [1.82, 2.24) is 4.90 Å². The Hall–Kier alpha value is -0.650. The standard InChI is InChI=1S/C11H21N3O2/c12-8-3-1-2-4-9(8)14-5-6-16-7-10(14)11(13)15/h8-10H,1-7,12H2,(H2,13,15). The summed E-state index contributed by atoms with van der Waals surface area (Å²) in [4.78, 5) is 13.5. The molecule has 1 aliphatic carbocycles. The van der Waals surface area contributed by atoms with Crippen molar-refractivity contribution in [3.05, 3.63) is 0 Å². The molecule has 1 aliphatic heterocycles. The third-order valence-corrected chi connectivity index (χ3v) is 3.71. The lowest BCUT2D eigenvalue weighted by molar-refractivity contribution is -0.132. The molecule has 0 aromatic rings. The summed E-state index contributed by atoms with van der Waals surface area (Å²) < 4.78 is 5.32. The molecule has 5 heteroatoms. The first-order chi connectivity index (χ1) is 7.70. The molecule has 0 radical (unpaired) electrons. The van der Waals surface area contributed by atoms with Crippen molar-refractivity contribution >= 4 is 5.91 Å². The van der Waals surface area contributed by atoms with Crippen LogP contribution in [0.15, 0.2) is 0 Å². The van der Waals surface area contributed by atoms with Crippen LogP contribution in [0, 0.1) is 0 Å². The monoisotopic (exact) mass is 227 g/mol. The van der Waals surface area contributed by atoms with Crippen LogP contribution in [0.5, 0.6) is 0 Å². The summed E-state index contributed by atoms with van der Waals surface area (Å²) >= 11 is 0. The Morgan fingerprint density at radius 2 is 2.06 bits per heavy atom. The van der Waals surface area contributed by atoms with Crippen molar-refractivity contribution in [2.24, 2.45) is 11.5 Å². The number of primary amides is 1. The maximum absolute atomic E-state index is 11.4. The summed E-state index contributed by atoms with van der Waals surface area (Å²) in [5.41, 5.74) is 11.5. The van der Waals surface area contributed by atoms with Crippen LogP contribution in [0.1, 0.15) is 25.7 Å². The zero-order chi connectivity index (χ0) is 11.5. The number of hydrogen-bond acceptors (Lipinski definition) is 4. The molecule has 1 amide bonds. The van der Waals surface area contributed by atoms with E-state index in [-0.39, 0.29) is 18.0 Å². The molecule has 5 nitrogen and oxygen atoms in total. The molecular formula is C11H21N3O2. The van der Waals surface area contributed by atoms with Gasteiger partial charge in [0.1, 0.15) is 6.04 Å². The summed E-state index contributed by atoms with van der Waals surface area (Å²) in [7, 11) is 0. The second-order valence-electron chi connectivity index (χ2n) is 4.75. The van der Waals surface area contributed by atoms with Gasteiger partial charge in [-0.25, -0.2) is 0 Å². The summed E-state index contributed by atoms with van der Waals surface area (Å²) in [5, 5.41) is 0. The van der Waals surface area contributed by atoms with Crippen LogP contribution in [0.3, 0.4) is 0 Å². The number of morpholine rings is 1. The Morgan fingerprint density at radius 1 is 1.31 bits per heavy atom. The summed E-state index contributed by atoms with van der Waals surface area (Å²) in [6, 6.07) is 0.187. The minimum atomic E-state index is -0.294. The molecular weight excluding hydrogens is 206 g/mol. The fraction of sp³-hybridized carbons (Fsp3) is 0.909. The lowest BCUT2D eigenvalue weighted by Crippen LogP contribution is -2.61. The van der Waals surface area contributed by atoms with Gasteiger partial charge in [0.15, 0.2) is 0 Å². The van der Waals surface area contributed by atoms with Crippen LogP contribution in [-0.2, 0) is 9.53 Å². The molecule has 0 aromatic carbocycles. The molecule has 4 N–H and O–H groups in total. The van der Waals surface area contributed by atoms with E-state index in [1.54, 1.807) is 0 Å². The lowest BCUT2D eigenvalue weighted by Gasteiger charge is -2.43. The molecule has 1 heterocycles. The van der Waals surface area contributed by atoms with E-state index in [1.165, 1.54) is 12.8 Å². The molecule has 1 saturated heterocycles. The molecule has 2 aliphatic rings. The molecule has 1 saturated carbocycles. The van der Waals surface area contributed by atoms with Gasteiger partial charge >= 0.3 is 0 Å². The second-order valence-corrected chi connectivity index (χ2v) is 4.75. The number of hydrogen-bond donors (Lipinski definition) is 2. The average molecular weight is 227 g/mol. The first-order valence-electron chi connectivity index (χ1n) is 6.08. The number of nitrogens with two attached hydrogens (primary N) is 2. The Labute approximate surface area is 96.1 Å². The van der Waals surface area contributed by atoms with Crippen molar-refractivity contribution in [1.29, 1.82) is 0 Å². The van der Waals surface area contributed by atoms with Gasteiger partial charge in [0.05, 0.1) is 13.2 Å². The molecule has 2 fully saturated rings. The van der Waals surface area contributed by atoms with Crippen molar-refractivity contribution in [2.75, 3.05) is 19.8 Å². The van der Waals surface area contributed by atoms with Gasteiger partial charge in [-0.2, -0.15) is 0 Å². The zero-order valence-electron chi connectivity index (χ0n) is 9.60. The van der Waals surface area contributed by atoms with Gasteiger partial charge in [0.2, 0.25) is 5.91 Å². The van der Waals surface area contributed by atoms with Gasteiger partial charge in [-0.1, -0.05) is 12.8 Å². The van der Waals surface area contributed by atoms with E-state index in [0.717, 1.165) is 19.4 Å². The van der Waals surface area contributed by atoms with E-state index in [0.29, 0.717) is 19.3 Å². The summed E-state index contributed by atoms with van der Waals surface area (Å²) in [6.07, 6.45) is 4.52. The summed E-state index contributed by atoms with van der Waals surface area (Å²) in [6.45, 7) is 1.86. The highest BCUT2D eigenvalue weighted by atomic mass is 16.5. The molecule has 16 heavy (non-hydrogen) atoms. The first-order valence-corrected chi connectivity index (χ1v) is 6.08. The number of nitrogens with zero attached hydrogens (tertiary/aromatic N) is 1. The zero-order valence-corrected chi connectivity index (χ0v) is 9.60. The maximum atomic E-state index is 11.4. The fourth-order valence-electron chi connectivity index (χ4n) is 2.81. The van der Waals surface area contributed by atoms with Crippen molar-refractivity contribution in [3.63, 3.8) is 0 Å². The minimum absolute atomic E-state index is 0.175. The number of carbonyl (C=O) groups is 1. The van der Waals surface area contributed by atoms with Crippen LogP contribution in [0.25, 0.3) is 0 Å². The highest BCUT2D eigenvalue weighted by Crippen LogP contribution is 2.24. The molecule has 0 spiro atoms. The van der Waals surface area contributed by atoms with E-state index in [4.69, 9.17) is 16.2 Å². The first kappa shape index (κ1) is 11.8. The molecule has 0 bridgehead atoms. The number of rotatable bonds is 2. The van der Waals surface area contributed by atoms with Crippen LogP contribution in [0.2, 0.25) is 0 Å². The Kier molecular flexibility index (Phi) is 3.78. The number of amides is 1. The van der Waals surface area contributed by atoms with Gasteiger partial charge in [-0.15, -0.1) is 0 Å². The predicted octanol–water partition coefficient (Wildman–Crippen LogP) is -0.558. The molecule has 92 valence electrons. The third-order valence-electron chi connectivity index (χ3n) is 3.71. The van der Waals surface area contributed by atoms with E-state index in [1.807, 2.05) is 0 Å². The van der Waals surface area contributed by atoms with Gasteiger partial charge in [-0.05, 0) is 12.8 Å². The van der Waals surface area contributed by atoms with Crippen LogP contribution in [0.4, 0.5) is 0 Å². The maximum Gasteiger partial charge on any atom is 0.237 e. The Balaban J connectivity index is 2.06. The highest BCUT2D eigenvalue weighted by molar-refractivity contribution is 5.80. The third kappa shape index (κ3) is 2.36. The number of carbonyl (C=O) groups excluding carboxylic acids is 1.